The third-order valence-electron chi connectivity index (χ3n) is 5.70. The number of benzene rings is 2. The first kappa shape index (κ1) is 17.9. The van der Waals surface area contributed by atoms with E-state index in [9.17, 15) is 0 Å². The molecule has 0 fully saturated rings. The number of nitrogens with zero attached hydrogens (tertiary/aromatic N) is 3. The minimum absolute atomic E-state index is 0.230. The molecule has 1 atom stereocenters. The van der Waals surface area contributed by atoms with Crippen molar-refractivity contribution >= 4 is 23.1 Å². The van der Waals surface area contributed by atoms with Crippen LogP contribution < -0.4 is 4.90 Å². The lowest BCUT2D eigenvalue weighted by Crippen LogP contribution is -2.30. The number of aromatic amines is 1. The Bertz CT molecular complexity index is 1140. The standard InChI is InChI=1S/C24H22N4S/c1-28(2)19-10-8-18(9-11-19)24(17-6-4-3-5-7-17)13-12-20-21(16-24)26-27-22(20)23-25-14-15-29-23/h3-15H,16H2,1-2H3,(H,26,27). The predicted molar refractivity (Wildman–Crippen MR) is 120 cm³/mol. The highest BCUT2D eigenvalue weighted by Gasteiger charge is 2.36. The van der Waals surface area contributed by atoms with E-state index in [-0.39, 0.29) is 5.41 Å². The zero-order valence-corrected chi connectivity index (χ0v) is 17.3. The van der Waals surface area contributed by atoms with Gasteiger partial charge in [0.1, 0.15) is 10.7 Å². The summed E-state index contributed by atoms with van der Waals surface area (Å²) in [7, 11) is 4.14. The minimum atomic E-state index is -0.230. The number of hydrogen-bond donors (Lipinski definition) is 1. The normalized spacial score (nSPS) is 17.9. The van der Waals surface area contributed by atoms with Crippen LogP contribution in [-0.4, -0.2) is 29.3 Å². The van der Waals surface area contributed by atoms with Gasteiger partial charge >= 0.3 is 0 Å². The van der Waals surface area contributed by atoms with Gasteiger partial charge in [0.25, 0.3) is 0 Å². The van der Waals surface area contributed by atoms with Gasteiger partial charge < -0.3 is 4.90 Å². The van der Waals surface area contributed by atoms with E-state index >= 15 is 0 Å². The monoisotopic (exact) mass is 398 g/mol. The molecule has 0 saturated heterocycles. The van der Waals surface area contributed by atoms with E-state index in [2.05, 4.69) is 101 Å². The van der Waals surface area contributed by atoms with Gasteiger partial charge in [-0.3, -0.25) is 5.10 Å². The van der Waals surface area contributed by atoms with Gasteiger partial charge in [-0.25, -0.2) is 4.98 Å². The number of H-pyrrole nitrogens is 1. The summed E-state index contributed by atoms with van der Waals surface area (Å²) < 4.78 is 0. The molecule has 4 aromatic rings. The fourth-order valence-electron chi connectivity index (χ4n) is 4.12. The number of anilines is 1. The van der Waals surface area contributed by atoms with Crippen LogP contribution in [0.1, 0.15) is 22.4 Å². The molecule has 0 radical (unpaired) electrons. The van der Waals surface area contributed by atoms with Crippen molar-refractivity contribution in [2.24, 2.45) is 0 Å². The highest BCUT2D eigenvalue weighted by Crippen LogP contribution is 2.43. The van der Waals surface area contributed by atoms with Gasteiger partial charge in [0, 0.05) is 54.5 Å². The second-order valence-electron chi connectivity index (χ2n) is 7.59. The quantitative estimate of drug-likeness (QED) is 0.517. The summed E-state index contributed by atoms with van der Waals surface area (Å²) in [5.74, 6) is 0. The fourth-order valence-corrected chi connectivity index (χ4v) is 4.76. The minimum Gasteiger partial charge on any atom is -0.378 e. The van der Waals surface area contributed by atoms with Gasteiger partial charge in [0.15, 0.2) is 0 Å². The molecule has 0 spiro atoms. The van der Waals surface area contributed by atoms with Crippen LogP contribution in [0.2, 0.25) is 0 Å². The Kier molecular flexibility index (Phi) is 4.32. The first-order valence-corrected chi connectivity index (χ1v) is 10.5. The maximum absolute atomic E-state index is 4.60. The first-order valence-electron chi connectivity index (χ1n) is 9.67. The first-order chi connectivity index (χ1) is 14.2. The van der Waals surface area contributed by atoms with Crippen molar-refractivity contribution in [1.29, 1.82) is 0 Å². The fraction of sp³-hybridized carbons (Fsp3) is 0.167. The molecule has 144 valence electrons. The number of hydrogen-bond acceptors (Lipinski definition) is 4. The molecule has 4 nitrogen and oxygen atoms in total. The predicted octanol–water partition coefficient (Wildman–Crippen LogP) is 5.15. The molecule has 2 aromatic heterocycles. The van der Waals surface area contributed by atoms with Crippen LogP contribution in [0, 0.1) is 0 Å². The Labute approximate surface area is 174 Å². The van der Waals surface area contributed by atoms with Crippen molar-refractivity contribution in [2.45, 2.75) is 11.8 Å². The highest BCUT2D eigenvalue weighted by atomic mass is 32.1. The molecule has 5 heteroatoms. The van der Waals surface area contributed by atoms with Crippen molar-refractivity contribution in [1.82, 2.24) is 15.2 Å². The van der Waals surface area contributed by atoms with Crippen LogP contribution in [0.4, 0.5) is 5.69 Å². The lowest BCUT2D eigenvalue weighted by Gasteiger charge is -2.34. The SMILES string of the molecule is CN(C)c1ccc(C2(c3ccccc3)C=Cc3c(-c4nccs4)n[nH]c3C2)cc1. The van der Waals surface area contributed by atoms with Crippen LogP contribution in [0.3, 0.4) is 0 Å². The number of rotatable bonds is 4. The zero-order valence-electron chi connectivity index (χ0n) is 16.5. The molecular weight excluding hydrogens is 376 g/mol. The van der Waals surface area contributed by atoms with E-state index in [0.717, 1.165) is 28.4 Å². The van der Waals surface area contributed by atoms with Crippen LogP contribution in [0.15, 0.2) is 72.3 Å². The van der Waals surface area contributed by atoms with Crippen molar-refractivity contribution in [2.75, 3.05) is 19.0 Å². The topological polar surface area (TPSA) is 44.8 Å². The van der Waals surface area contributed by atoms with E-state index in [0.29, 0.717) is 0 Å². The Morgan fingerprint density at radius 3 is 2.45 bits per heavy atom. The smallest absolute Gasteiger partial charge is 0.144 e. The molecule has 0 bridgehead atoms. The summed E-state index contributed by atoms with van der Waals surface area (Å²) in [6.07, 6.45) is 7.21. The summed E-state index contributed by atoms with van der Waals surface area (Å²) >= 11 is 1.62. The van der Waals surface area contributed by atoms with Crippen LogP contribution >= 0.6 is 11.3 Å². The molecule has 1 unspecified atom stereocenters. The average Bonchev–Trinajstić information content (AvgIpc) is 3.43. The second kappa shape index (κ2) is 7.01. The molecule has 2 aromatic carbocycles. The molecule has 1 aliphatic rings. The maximum atomic E-state index is 4.60. The number of aromatic nitrogens is 3. The molecule has 0 amide bonds. The third-order valence-corrected chi connectivity index (χ3v) is 6.48. The lowest BCUT2D eigenvalue weighted by atomic mass is 9.68. The number of allylic oxidation sites excluding steroid dienone is 1. The maximum Gasteiger partial charge on any atom is 0.144 e. The van der Waals surface area contributed by atoms with Crippen LogP contribution in [0.5, 0.6) is 0 Å². The number of fused-ring (bicyclic) bond motifs is 1. The largest absolute Gasteiger partial charge is 0.378 e. The Hall–Kier alpha value is -3.18. The molecule has 29 heavy (non-hydrogen) atoms. The summed E-state index contributed by atoms with van der Waals surface area (Å²) in [4.78, 5) is 6.57. The van der Waals surface area contributed by atoms with E-state index in [1.165, 1.54) is 16.8 Å². The van der Waals surface area contributed by atoms with Crippen LogP contribution in [-0.2, 0) is 11.8 Å². The second-order valence-corrected chi connectivity index (χ2v) is 8.49. The van der Waals surface area contributed by atoms with Gasteiger partial charge in [-0.15, -0.1) is 11.3 Å². The van der Waals surface area contributed by atoms with Gasteiger partial charge in [-0.2, -0.15) is 5.10 Å². The number of nitrogens with one attached hydrogen (secondary N) is 1. The highest BCUT2D eigenvalue weighted by molar-refractivity contribution is 7.13. The molecular formula is C24H22N4S. The summed E-state index contributed by atoms with van der Waals surface area (Å²) in [6, 6.07) is 19.6. The van der Waals surface area contributed by atoms with Crippen molar-refractivity contribution < 1.29 is 0 Å². The Morgan fingerprint density at radius 2 is 1.76 bits per heavy atom. The Balaban J connectivity index is 1.63. The van der Waals surface area contributed by atoms with Crippen molar-refractivity contribution in [3.63, 3.8) is 0 Å². The average molecular weight is 399 g/mol. The number of thiazole rings is 1. The van der Waals surface area contributed by atoms with Crippen LogP contribution in [0.25, 0.3) is 16.8 Å². The summed E-state index contributed by atoms with van der Waals surface area (Å²) in [5, 5.41) is 10.8. The van der Waals surface area contributed by atoms with Gasteiger partial charge in [0.2, 0.25) is 0 Å². The molecule has 0 saturated carbocycles. The van der Waals surface area contributed by atoms with Crippen molar-refractivity contribution in [3.05, 3.63) is 94.6 Å². The lowest BCUT2D eigenvalue weighted by molar-refractivity contribution is 0.620. The molecule has 1 N–H and O–H groups in total. The molecule has 2 heterocycles. The summed E-state index contributed by atoms with van der Waals surface area (Å²) in [5.41, 5.74) is 6.77. The summed E-state index contributed by atoms with van der Waals surface area (Å²) in [6.45, 7) is 0. The van der Waals surface area contributed by atoms with E-state index in [4.69, 9.17) is 0 Å². The zero-order chi connectivity index (χ0) is 19.8. The van der Waals surface area contributed by atoms with Gasteiger partial charge in [-0.05, 0) is 23.3 Å². The van der Waals surface area contributed by atoms with Crippen molar-refractivity contribution in [3.8, 4) is 10.7 Å². The Morgan fingerprint density at radius 1 is 1.00 bits per heavy atom. The van der Waals surface area contributed by atoms with E-state index in [1.54, 1.807) is 11.3 Å². The molecule has 5 rings (SSSR count). The van der Waals surface area contributed by atoms with E-state index < -0.39 is 0 Å². The molecule has 0 aliphatic heterocycles. The van der Waals surface area contributed by atoms with Gasteiger partial charge in [-0.1, -0.05) is 54.6 Å². The van der Waals surface area contributed by atoms with Gasteiger partial charge in [0.05, 0.1) is 0 Å². The van der Waals surface area contributed by atoms with E-state index in [1.807, 2.05) is 11.6 Å². The third kappa shape index (κ3) is 2.98. The molecule has 1 aliphatic carbocycles.